The number of sulfonamides is 1. The molecule has 8 nitrogen and oxygen atoms in total. The Balaban J connectivity index is 2.08. The van der Waals surface area contributed by atoms with Crippen LogP contribution in [0.2, 0.25) is 10.0 Å². The molecule has 0 aliphatic heterocycles. The smallest absolute Gasteiger partial charge is 0.262 e. The summed E-state index contributed by atoms with van der Waals surface area (Å²) >= 11 is 11.9. The molecule has 186 valence electrons. The van der Waals surface area contributed by atoms with Crippen molar-refractivity contribution in [3.8, 4) is 28.7 Å². The minimum atomic E-state index is -4.11. The van der Waals surface area contributed by atoms with Crippen molar-refractivity contribution in [2.24, 2.45) is 0 Å². The van der Waals surface area contributed by atoms with Gasteiger partial charge < -0.3 is 24.1 Å². The Morgan fingerprint density at radius 1 is 0.800 bits per heavy atom. The van der Waals surface area contributed by atoms with Gasteiger partial charge in [-0.2, -0.15) is 0 Å². The van der Waals surface area contributed by atoms with E-state index in [4.69, 9.17) is 42.1 Å². The van der Waals surface area contributed by atoms with E-state index in [0.29, 0.717) is 28.4 Å². The van der Waals surface area contributed by atoms with E-state index in [0.717, 1.165) is 0 Å². The van der Waals surface area contributed by atoms with Gasteiger partial charge in [0.2, 0.25) is 5.75 Å². The lowest BCUT2D eigenvalue weighted by Crippen LogP contribution is -2.14. The van der Waals surface area contributed by atoms with Crippen LogP contribution in [0.1, 0.15) is 11.1 Å². The minimum absolute atomic E-state index is 0.0299. The number of anilines is 1. The van der Waals surface area contributed by atoms with Crippen LogP contribution < -0.4 is 23.7 Å². The number of nitrogens with one attached hydrogen (secondary N) is 1. The number of halogens is 2. The first-order valence-electron chi connectivity index (χ1n) is 10.0. The van der Waals surface area contributed by atoms with Crippen LogP contribution in [0, 0.1) is 0 Å². The second kappa shape index (κ2) is 11.0. The van der Waals surface area contributed by atoms with E-state index in [2.05, 4.69) is 4.72 Å². The molecule has 0 aliphatic rings. The molecule has 0 amide bonds. The summed E-state index contributed by atoms with van der Waals surface area (Å²) in [7, 11) is 1.72. The zero-order valence-electron chi connectivity index (χ0n) is 19.3. The lowest BCUT2D eigenvalue weighted by Gasteiger charge is -2.16. The number of methoxy groups -OCH3 is 4. The van der Waals surface area contributed by atoms with Crippen molar-refractivity contribution in [1.82, 2.24) is 0 Å². The zero-order chi connectivity index (χ0) is 25.8. The van der Waals surface area contributed by atoms with E-state index >= 15 is 0 Å². The predicted molar refractivity (Wildman–Crippen MR) is 137 cm³/mol. The van der Waals surface area contributed by atoms with E-state index < -0.39 is 10.0 Å². The first-order chi connectivity index (χ1) is 16.6. The Hall–Kier alpha value is -3.27. The van der Waals surface area contributed by atoms with Crippen LogP contribution in [0.3, 0.4) is 0 Å². The van der Waals surface area contributed by atoms with Gasteiger partial charge in [-0.05, 0) is 48.0 Å². The lowest BCUT2D eigenvalue weighted by atomic mass is 10.1. The summed E-state index contributed by atoms with van der Waals surface area (Å²) in [6.45, 7) is 0. The van der Waals surface area contributed by atoms with Crippen molar-refractivity contribution in [2.45, 2.75) is 4.90 Å². The summed E-state index contributed by atoms with van der Waals surface area (Å²) in [6, 6.07) is 10.3. The summed E-state index contributed by atoms with van der Waals surface area (Å²) in [5.74, 6) is 1.05. The molecule has 0 aromatic heterocycles. The first kappa shape index (κ1) is 26.3. The number of aromatic hydroxyl groups is 1. The van der Waals surface area contributed by atoms with Crippen LogP contribution in [0.5, 0.6) is 28.7 Å². The summed E-state index contributed by atoms with van der Waals surface area (Å²) in [5.41, 5.74) is 1.13. The SMILES string of the molecule is COc1cc(C=Cc2ccc(O)c(OC)c2NS(=O)(=O)c2ccc(Cl)c(Cl)c2)cc(OC)c1OC. The maximum Gasteiger partial charge on any atom is 0.262 e. The molecule has 0 unspecified atom stereocenters. The number of ether oxygens (including phenoxy) is 4. The summed E-state index contributed by atoms with van der Waals surface area (Å²) in [4.78, 5) is -0.114. The maximum atomic E-state index is 13.1. The van der Waals surface area contributed by atoms with Crippen molar-refractivity contribution < 1.29 is 32.5 Å². The van der Waals surface area contributed by atoms with E-state index in [1.807, 2.05) is 0 Å². The molecule has 35 heavy (non-hydrogen) atoms. The van der Waals surface area contributed by atoms with Gasteiger partial charge in [0, 0.05) is 5.56 Å². The van der Waals surface area contributed by atoms with Gasteiger partial charge in [-0.15, -0.1) is 0 Å². The van der Waals surface area contributed by atoms with Crippen molar-refractivity contribution in [3.63, 3.8) is 0 Å². The van der Waals surface area contributed by atoms with Crippen LogP contribution in [-0.2, 0) is 10.0 Å². The molecule has 0 saturated heterocycles. The monoisotopic (exact) mass is 539 g/mol. The highest BCUT2D eigenvalue weighted by Crippen LogP contribution is 2.41. The number of phenolic OH excluding ortho intramolecular Hbond substituents is 1. The van der Waals surface area contributed by atoms with E-state index in [-0.39, 0.29) is 32.1 Å². The average molecular weight is 540 g/mol. The van der Waals surface area contributed by atoms with Gasteiger partial charge in [0.25, 0.3) is 10.0 Å². The van der Waals surface area contributed by atoms with Crippen molar-refractivity contribution in [2.75, 3.05) is 33.2 Å². The third-order valence-electron chi connectivity index (χ3n) is 4.95. The zero-order valence-corrected chi connectivity index (χ0v) is 21.6. The highest BCUT2D eigenvalue weighted by Gasteiger charge is 2.22. The molecule has 0 aliphatic carbocycles. The lowest BCUT2D eigenvalue weighted by molar-refractivity contribution is 0.324. The quantitative estimate of drug-likeness (QED) is 0.336. The molecule has 0 bridgehead atoms. The van der Waals surface area contributed by atoms with Crippen LogP contribution in [0.25, 0.3) is 12.2 Å². The van der Waals surface area contributed by atoms with Gasteiger partial charge in [-0.1, -0.05) is 35.4 Å². The Kier molecular flexibility index (Phi) is 8.26. The van der Waals surface area contributed by atoms with Gasteiger partial charge in [-0.3, -0.25) is 4.72 Å². The van der Waals surface area contributed by atoms with Crippen LogP contribution in [0.4, 0.5) is 5.69 Å². The molecule has 0 saturated carbocycles. The van der Waals surface area contributed by atoms with Crippen molar-refractivity contribution in [1.29, 1.82) is 0 Å². The van der Waals surface area contributed by atoms with E-state index in [1.165, 1.54) is 52.7 Å². The largest absolute Gasteiger partial charge is 0.504 e. The highest BCUT2D eigenvalue weighted by molar-refractivity contribution is 7.92. The third kappa shape index (κ3) is 5.70. The minimum Gasteiger partial charge on any atom is -0.504 e. The molecule has 2 N–H and O–H groups in total. The summed E-state index contributed by atoms with van der Waals surface area (Å²) < 4.78 is 50.0. The van der Waals surface area contributed by atoms with Gasteiger partial charge in [0.15, 0.2) is 23.0 Å². The molecular formula is C24H23Cl2NO7S. The van der Waals surface area contributed by atoms with Gasteiger partial charge in [-0.25, -0.2) is 8.42 Å². The maximum absolute atomic E-state index is 13.1. The summed E-state index contributed by atoms with van der Waals surface area (Å²) in [5, 5.41) is 10.6. The topological polar surface area (TPSA) is 103 Å². The van der Waals surface area contributed by atoms with Crippen molar-refractivity contribution >= 4 is 51.1 Å². The van der Waals surface area contributed by atoms with Crippen molar-refractivity contribution in [3.05, 3.63) is 63.6 Å². The molecule has 3 aromatic rings. The highest BCUT2D eigenvalue weighted by atomic mass is 35.5. The number of phenols is 1. The molecule has 3 aromatic carbocycles. The number of benzene rings is 3. The number of hydrogen-bond donors (Lipinski definition) is 2. The van der Waals surface area contributed by atoms with E-state index in [1.54, 1.807) is 30.4 Å². The van der Waals surface area contributed by atoms with E-state index in [9.17, 15) is 13.5 Å². The molecular weight excluding hydrogens is 517 g/mol. The normalized spacial score (nSPS) is 11.4. The number of rotatable bonds is 9. The molecule has 0 atom stereocenters. The molecule has 0 heterocycles. The molecule has 0 fully saturated rings. The second-order valence-electron chi connectivity index (χ2n) is 7.06. The van der Waals surface area contributed by atoms with Gasteiger partial charge >= 0.3 is 0 Å². The Labute approximate surface area is 213 Å². The fourth-order valence-corrected chi connectivity index (χ4v) is 4.74. The fraction of sp³-hybridized carbons (Fsp3) is 0.167. The van der Waals surface area contributed by atoms with Crippen LogP contribution >= 0.6 is 23.2 Å². The first-order valence-corrected chi connectivity index (χ1v) is 12.2. The fourth-order valence-electron chi connectivity index (χ4n) is 3.26. The van der Waals surface area contributed by atoms with Gasteiger partial charge in [0.05, 0.1) is 43.4 Å². The number of hydrogen-bond acceptors (Lipinski definition) is 7. The molecule has 3 rings (SSSR count). The summed E-state index contributed by atoms with van der Waals surface area (Å²) in [6.07, 6.45) is 3.36. The average Bonchev–Trinajstić information content (AvgIpc) is 2.84. The Morgan fingerprint density at radius 3 is 1.97 bits per heavy atom. The van der Waals surface area contributed by atoms with Gasteiger partial charge in [0.1, 0.15) is 5.69 Å². The van der Waals surface area contributed by atoms with Crippen LogP contribution in [0.15, 0.2) is 47.4 Å². The predicted octanol–water partition coefficient (Wildman–Crippen LogP) is 5.70. The molecule has 0 radical (unpaired) electrons. The molecule has 11 heteroatoms. The Morgan fingerprint density at radius 2 is 1.43 bits per heavy atom. The second-order valence-corrected chi connectivity index (χ2v) is 9.55. The molecule has 0 spiro atoms. The standard InChI is InChI=1S/C24H23Cl2NO7S/c1-31-20-11-14(12-21(32-2)24(20)34-4)5-6-15-7-10-19(28)23(33-3)22(15)27-35(29,30)16-8-9-17(25)18(26)13-16/h5-13,27-28H,1-4H3. The Bertz CT molecular complexity index is 1350. The van der Waals surface area contributed by atoms with Crippen LogP contribution in [-0.4, -0.2) is 42.0 Å². The third-order valence-corrected chi connectivity index (χ3v) is 7.04.